The highest BCUT2D eigenvalue weighted by molar-refractivity contribution is 5.94. The molecule has 1 fully saturated rings. The quantitative estimate of drug-likeness (QED) is 0.930. The second kappa shape index (κ2) is 7.31. The molecule has 25 heavy (non-hydrogen) atoms. The van der Waals surface area contributed by atoms with E-state index < -0.39 is 11.6 Å². The molecule has 0 unspecified atom stereocenters. The second-order valence-corrected chi connectivity index (χ2v) is 6.10. The van der Waals surface area contributed by atoms with Gasteiger partial charge in [0.1, 0.15) is 0 Å². The highest BCUT2D eigenvalue weighted by Gasteiger charge is 2.24. The molecule has 6 heteroatoms. The minimum absolute atomic E-state index is 0.184. The first kappa shape index (κ1) is 16.9. The van der Waals surface area contributed by atoms with Gasteiger partial charge in [-0.1, -0.05) is 0 Å². The Hall–Kier alpha value is -2.94. The lowest BCUT2D eigenvalue weighted by Crippen LogP contribution is -2.31. The summed E-state index contributed by atoms with van der Waals surface area (Å²) in [5.74, 6) is -1.64. The molecule has 0 spiro atoms. The smallest absolute Gasteiger partial charge is 0.251 e. The average Bonchev–Trinajstić information content (AvgIpc) is 3.11. The summed E-state index contributed by atoms with van der Waals surface area (Å²) >= 11 is 0. The van der Waals surface area contributed by atoms with E-state index in [0.717, 1.165) is 19.0 Å². The van der Waals surface area contributed by atoms with Gasteiger partial charge in [-0.25, -0.2) is 8.78 Å². The fraction of sp³-hybridized carbons (Fsp3) is 0.263. The standard InChI is InChI=1S/C19H17F2N3O/c20-17-6-5-16(9-18(17)21)24-8-7-14(12-24)11-23-19(25)15-3-1-13(10-22)2-4-15/h1-6,9,14H,7-8,11-12H2,(H,23,25)/t14-/m0/s1. The van der Waals surface area contributed by atoms with Gasteiger partial charge in [0.2, 0.25) is 0 Å². The summed E-state index contributed by atoms with van der Waals surface area (Å²) in [6.45, 7) is 1.93. The van der Waals surface area contributed by atoms with Crippen molar-refractivity contribution in [1.82, 2.24) is 5.32 Å². The highest BCUT2D eigenvalue weighted by Crippen LogP contribution is 2.25. The van der Waals surface area contributed by atoms with E-state index in [4.69, 9.17) is 5.26 Å². The third-order valence-electron chi connectivity index (χ3n) is 4.38. The van der Waals surface area contributed by atoms with Gasteiger partial charge in [0.25, 0.3) is 5.91 Å². The zero-order valence-electron chi connectivity index (χ0n) is 13.5. The third kappa shape index (κ3) is 3.94. The maximum absolute atomic E-state index is 13.3. The van der Waals surface area contributed by atoms with E-state index in [-0.39, 0.29) is 11.8 Å². The van der Waals surface area contributed by atoms with E-state index in [0.29, 0.717) is 29.9 Å². The number of hydrogen-bond acceptors (Lipinski definition) is 3. The second-order valence-electron chi connectivity index (χ2n) is 6.10. The largest absolute Gasteiger partial charge is 0.371 e. The molecule has 0 saturated carbocycles. The number of benzene rings is 2. The van der Waals surface area contributed by atoms with Crippen LogP contribution in [0.1, 0.15) is 22.3 Å². The number of nitrogens with zero attached hydrogens (tertiary/aromatic N) is 2. The fourth-order valence-corrected chi connectivity index (χ4v) is 2.95. The summed E-state index contributed by atoms with van der Waals surface area (Å²) in [7, 11) is 0. The van der Waals surface area contributed by atoms with Crippen LogP contribution in [0.4, 0.5) is 14.5 Å². The number of anilines is 1. The van der Waals surface area contributed by atoms with Crippen LogP contribution >= 0.6 is 0 Å². The lowest BCUT2D eigenvalue weighted by Gasteiger charge is -2.19. The fourth-order valence-electron chi connectivity index (χ4n) is 2.95. The van der Waals surface area contributed by atoms with Gasteiger partial charge in [-0.15, -0.1) is 0 Å². The highest BCUT2D eigenvalue weighted by atomic mass is 19.2. The molecule has 1 N–H and O–H groups in total. The molecule has 4 nitrogen and oxygen atoms in total. The number of amides is 1. The molecule has 1 aliphatic heterocycles. The number of nitrogens with one attached hydrogen (secondary N) is 1. The molecule has 1 heterocycles. The zero-order valence-corrected chi connectivity index (χ0v) is 13.5. The van der Waals surface area contributed by atoms with Gasteiger partial charge in [0.05, 0.1) is 11.6 Å². The molecule has 1 atom stereocenters. The summed E-state index contributed by atoms with van der Waals surface area (Å²) in [6.07, 6.45) is 0.868. The molecule has 1 saturated heterocycles. The SMILES string of the molecule is N#Cc1ccc(C(=O)NC[C@@H]2CCN(c3ccc(F)c(F)c3)C2)cc1. The Balaban J connectivity index is 1.53. The molecule has 0 bridgehead atoms. The molecule has 3 rings (SSSR count). The third-order valence-corrected chi connectivity index (χ3v) is 4.38. The molecule has 2 aromatic rings. The Kier molecular flexibility index (Phi) is 4.94. The number of rotatable bonds is 4. The minimum Gasteiger partial charge on any atom is -0.371 e. The van der Waals surface area contributed by atoms with Crippen LogP contribution in [0.15, 0.2) is 42.5 Å². The summed E-state index contributed by atoms with van der Waals surface area (Å²) < 4.78 is 26.4. The Bertz CT molecular complexity index is 814. The molecular weight excluding hydrogens is 324 g/mol. The van der Waals surface area contributed by atoms with Crippen LogP contribution in [0.3, 0.4) is 0 Å². The molecule has 2 aromatic carbocycles. The van der Waals surface area contributed by atoms with Crippen molar-refractivity contribution in [1.29, 1.82) is 5.26 Å². The van der Waals surface area contributed by atoms with Crippen molar-refractivity contribution in [3.8, 4) is 6.07 Å². The minimum atomic E-state index is -0.853. The van der Waals surface area contributed by atoms with E-state index in [2.05, 4.69) is 5.32 Å². The van der Waals surface area contributed by atoms with Crippen molar-refractivity contribution < 1.29 is 13.6 Å². The van der Waals surface area contributed by atoms with Gasteiger partial charge in [-0.2, -0.15) is 5.26 Å². The van der Waals surface area contributed by atoms with Gasteiger partial charge in [0, 0.05) is 37.0 Å². The maximum atomic E-state index is 13.3. The molecule has 0 radical (unpaired) electrons. The molecule has 0 aromatic heterocycles. The summed E-state index contributed by atoms with van der Waals surface area (Å²) in [5.41, 5.74) is 1.67. The van der Waals surface area contributed by atoms with Crippen LogP contribution in [0, 0.1) is 28.9 Å². The van der Waals surface area contributed by atoms with Gasteiger partial charge >= 0.3 is 0 Å². The van der Waals surface area contributed by atoms with Gasteiger partial charge in [0.15, 0.2) is 11.6 Å². The summed E-state index contributed by atoms with van der Waals surface area (Å²) in [4.78, 5) is 14.1. The number of carbonyl (C=O) groups excluding carboxylic acids is 1. The first-order chi connectivity index (χ1) is 12.1. The predicted octanol–water partition coefficient (Wildman–Crippen LogP) is 3.09. The Morgan fingerprint density at radius 3 is 2.64 bits per heavy atom. The van der Waals surface area contributed by atoms with Gasteiger partial charge < -0.3 is 10.2 Å². The predicted molar refractivity (Wildman–Crippen MR) is 90.2 cm³/mol. The zero-order chi connectivity index (χ0) is 17.8. The van der Waals surface area contributed by atoms with Crippen molar-refractivity contribution >= 4 is 11.6 Å². The number of carbonyl (C=O) groups is 1. The van der Waals surface area contributed by atoms with E-state index >= 15 is 0 Å². The van der Waals surface area contributed by atoms with Gasteiger partial charge in [-0.05, 0) is 48.7 Å². The Morgan fingerprint density at radius 2 is 1.96 bits per heavy atom. The van der Waals surface area contributed by atoms with Crippen LogP contribution in [-0.2, 0) is 0 Å². The number of nitriles is 1. The molecule has 1 aliphatic rings. The molecule has 0 aliphatic carbocycles. The maximum Gasteiger partial charge on any atom is 0.251 e. The summed E-state index contributed by atoms with van der Waals surface area (Å²) in [5, 5.41) is 11.7. The van der Waals surface area contributed by atoms with E-state index in [9.17, 15) is 13.6 Å². The topological polar surface area (TPSA) is 56.1 Å². The van der Waals surface area contributed by atoms with Crippen molar-refractivity contribution in [2.75, 3.05) is 24.5 Å². The normalized spacial score (nSPS) is 16.5. The van der Waals surface area contributed by atoms with Gasteiger partial charge in [-0.3, -0.25) is 4.79 Å². The van der Waals surface area contributed by atoms with E-state index in [1.807, 2.05) is 11.0 Å². The molecular formula is C19H17F2N3O. The monoisotopic (exact) mass is 341 g/mol. The van der Waals surface area contributed by atoms with Crippen LogP contribution in [-0.4, -0.2) is 25.5 Å². The summed E-state index contributed by atoms with van der Waals surface area (Å²) in [6, 6.07) is 12.4. The van der Waals surface area contributed by atoms with E-state index in [1.165, 1.54) is 6.07 Å². The Labute approximate surface area is 144 Å². The lowest BCUT2D eigenvalue weighted by molar-refractivity contribution is 0.0948. The van der Waals surface area contributed by atoms with Crippen molar-refractivity contribution in [3.63, 3.8) is 0 Å². The van der Waals surface area contributed by atoms with Crippen molar-refractivity contribution in [2.24, 2.45) is 5.92 Å². The van der Waals surface area contributed by atoms with Crippen molar-refractivity contribution in [2.45, 2.75) is 6.42 Å². The van der Waals surface area contributed by atoms with Crippen LogP contribution < -0.4 is 10.2 Å². The van der Waals surface area contributed by atoms with Crippen LogP contribution in [0.5, 0.6) is 0 Å². The van der Waals surface area contributed by atoms with Crippen LogP contribution in [0.2, 0.25) is 0 Å². The first-order valence-electron chi connectivity index (χ1n) is 8.05. The first-order valence-corrected chi connectivity index (χ1v) is 8.05. The van der Waals surface area contributed by atoms with Crippen LogP contribution in [0.25, 0.3) is 0 Å². The molecule has 1 amide bonds. The number of halogens is 2. The Morgan fingerprint density at radius 1 is 1.20 bits per heavy atom. The average molecular weight is 341 g/mol. The number of hydrogen-bond donors (Lipinski definition) is 1. The lowest BCUT2D eigenvalue weighted by atomic mass is 10.1. The van der Waals surface area contributed by atoms with E-state index in [1.54, 1.807) is 30.3 Å². The van der Waals surface area contributed by atoms with Crippen molar-refractivity contribution in [3.05, 3.63) is 65.2 Å². The molecule has 128 valence electrons.